The number of nitrogens with one attached hydrogen (secondary N) is 3. The molecule has 1 aromatic heterocycles. The van der Waals surface area contributed by atoms with Crippen LogP contribution < -0.4 is 20.8 Å². The lowest BCUT2D eigenvalue weighted by atomic mass is 10.0. The minimum absolute atomic E-state index is 0.0819. The Hall–Kier alpha value is -4.15. The molecule has 0 saturated heterocycles. The first kappa shape index (κ1) is 24.0. The number of carbonyl (C=O) groups is 1. The summed E-state index contributed by atoms with van der Waals surface area (Å²) in [5, 5.41) is 8.00. The van der Waals surface area contributed by atoms with Crippen molar-refractivity contribution in [1.82, 2.24) is 15.4 Å². The molecule has 2 heterocycles. The molecular weight excluding hydrogens is 458 g/mol. The van der Waals surface area contributed by atoms with Crippen LogP contribution in [0.5, 0.6) is 5.75 Å². The second kappa shape index (κ2) is 10.4. The number of halogens is 2. The van der Waals surface area contributed by atoms with Crippen molar-refractivity contribution in [1.29, 1.82) is 0 Å². The second-order valence-corrected chi connectivity index (χ2v) is 8.08. The summed E-state index contributed by atoms with van der Waals surface area (Å²) in [5.41, 5.74) is 4.52. The van der Waals surface area contributed by atoms with E-state index < -0.39 is 17.5 Å². The summed E-state index contributed by atoms with van der Waals surface area (Å²) in [6.45, 7) is 2.78. The Morgan fingerprint density at radius 2 is 1.97 bits per heavy atom. The van der Waals surface area contributed by atoms with Crippen LogP contribution in [0.15, 0.2) is 41.9 Å². The monoisotopic (exact) mass is 482 g/mol. The SMILES string of the molecule is CNN=O.Cc1c(NC(=O)c2ccc(C3CC3)cc2F)cc(F)cc1-c1ncnc2c1OCCN2. The molecule has 1 saturated carbocycles. The summed E-state index contributed by atoms with van der Waals surface area (Å²) < 4.78 is 34.7. The molecule has 0 radical (unpaired) electrons. The molecule has 0 unspecified atom stereocenters. The summed E-state index contributed by atoms with van der Waals surface area (Å²) >= 11 is 0. The highest BCUT2D eigenvalue weighted by Gasteiger charge is 2.26. The normalized spacial score (nSPS) is 13.8. The Balaban J connectivity index is 0.000000672. The fourth-order valence-corrected chi connectivity index (χ4v) is 3.78. The van der Waals surface area contributed by atoms with Crippen LogP contribution in [-0.2, 0) is 0 Å². The van der Waals surface area contributed by atoms with Gasteiger partial charge in [-0.1, -0.05) is 6.07 Å². The fraction of sp³-hybridized carbons (Fsp3) is 0.292. The van der Waals surface area contributed by atoms with Gasteiger partial charge in [0.25, 0.3) is 5.91 Å². The number of benzene rings is 2. The Labute approximate surface area is 200 Å². The van der Waals surface area contributed by atoms with E-state index in [-0.39, 0.29) is 11.3 Å². The average molecular weight is 482 g/mol. The number of hydrogen-bond acceptors (Lipinski definition) is 7. The highest BCUT2D eigenvalue weighted by Crippen LogP contribution is 2.41. The van der Waals surface area contributed by atoms with Gasteiger partial charge in [0, 0.05) is 23.6 Å². The van der Waals surface area contributed by atoms with Crippen molar-refractivity contribution < 1.29 is 18.3 Å². The average Bonchev–Trinajstić information content (AvgIpc) is 3.71. The molecule has 11 heteroatoms. The molecule has 2 aliphatic rings. The highest BCUT2D eigenvalue weighted by atomic mass is 19.1. The van der Waals surface area contributed by atoms with Gasteiger partial charge in [0.05, 0.1) is 12.1 Å². The maximum atomic E-state index is 14.5. The molecule has 0 spiro atoms. The van der Waals surface area contributed by atoms with Gasteiger partial charge >= 0.3 is 0 Å². The molecule has 9 nitrogen and oxygen atoms in total. The van der Waals surface area contributed by atoms with E-state index in [0.717, 1.165) is 18.4 Å². The topological polar surface area (TPSA) is 118 Å². The molecule has 35 heavy (non-hydrogen) atoms. The lowest BCUT2D eigenvalue weighted by molar-refractivity contribution is 0.102. The number of ether oxygens (including phenoxy) is 1. The Kier molecular flexibility index (Phi) is 7.14. The Morgan fingerprint density at radius 3 is 2.66 bits per heavy atom. The van der Waals surface area contributed by atoms with Crippen LogP contribution >= 0.6 is 0 Å². The van der Waals surface area contributed by atoms with Crippen LogP contribution in [0, 0.1) is 23.5 Å². The predicted molar refractivity (Wildman–Crippen MR) is 127 cm³/mol. The maximum Gasteiger partial charge on any atom is 0.258 e. The van der Waals surface area contributed by atoms with E-state index in [4.69, 9.17) is 9.64 Å². The number of fused-ring (bicyclic) bond motifs is 1. The van der Waals surface area contributed by atoms with E-state index >= 15 is 0 Å². The first-order chi connectivity index (χ1) is 16.9. The minimum Gasteiger partial charge on any atom is -0.486 e. The molecule has 5 rings (SSSR count). The third-order valence-corrected chi connectivity index (χ3v) is 5.70. The van der Waals surface area contributed by atoms with E-state index in [9.17, 15) is 13.6 Å². The zero-order valence-electron chi connectivity index (χ0n) is 19.2. The molecule has 0 atom stereocenters. The van der Waals surface area contributed by atoms with E-state index in [1.807, 2.05) is 5.43 Å². The molecule has 182 valence electrons. The van der Waals surface area contributed by atoms with E-state index in [2.05, 4.69) is 25.9 Å². The van der Waals surface area contributed by atoms with E-state index in [1.54, 1.807) is 13.0 Å². The van der Waals surface area contributed by atoms with E-state index in [0.29, 0.717) is 47.5 Å². The number of nitroso groups, excluding NO2 is 1. The fourth-order valence-electron chi connectivity index (χ4n) is 3.78. The van der Waals surface area contributed by atoms with Gasteiger partial charge < -0.3 is 15.4 Å². The standard InChI is InChI=1S/C23H20F2N4O2.CH4N2O/c1-12-17(20-21-22(28-11-27-20)26-6-7-31-21)9-15(24)10-19(12)29-23(30)16-5-4-14(8-18(16)25)13-2-3-13;1-2-3-4/h4-5,8-11,13H,2-3,6-7H2,1H3,(H,29,30)(H,26,27,28);1H3,(H,2,4). The number of carbonyl (C=O) groups excluding carboxylic acids is 1. The summed E-state index contributed by atoms with van der Waals surface area (Å²) in [6, 6.07) is 7.20. The molecule has 2 aromatic carbocycles. The van der Waals surface area contributed by atoms with Crippen LogP contribution in [-0.4, -0.2) is 36.1 Å². The van der Waals surface area contributed by atoms with Gasteiger partial charge in [-0.05, 0) is 61.1 Å². The molecule has 3 N–H and O–H groups in total. The van der Waals surface area contributed by atoms with Crippen LogP contribution in [0.4, 0.5) is 20.3 Å². The van der Waals surface area contributed by atoms with Crippen molar-refractivity contribution in [3.8, 4) is 17.0 Å². The van der Waals surface area contributed by atoms with Crippen molar-refractivity contribution >= 4 is 17.4 Å². The first-order valence-electron chi connectivity index (χ1n) is 11.0. The summed E-state index contributed by atoms with van der Waals surface area (Å²) in [4.78, 5) is 30.0. The lowest BCUT2D eigenvalue weighted by Gasteiger charge is -2.21. The second-order valence-electron chi connectivity index (χ2n) is 8.08. The number of anilines is 2. The smallest absolute Gasteiger partial charge is 0.258 e. The van der Waals surface area contributed by atoms with Crippen molar-refractivity contribution in [2.24, 2.45) is 5.29 Å². The maximum absolute atomic E-state index is 14.5. The third-order valence-electron chi connectivity index (χ3n) is 5.70. The van der Waals surface area contributed by atoms with Crippen molar-refractivity contribution in [2.75, 3.05) is 30.8 Å². The largest absolute Gasteiger partial charge is 0.486 e. The van der Waals surface area contributed by atoms with Gasteiger partial charge in [-0.25, -0.2) is 18.7 Å². The molecule has 1 amide bonds. The predicted octanol–water partition coefficient (Wildman–Crippen LogP) is 4.55. The van der Waals surface area contributed by atoms with Gasteiger partial charge in [0.2, 0.25) is 0 Å². The summed E-state index contributed by atoms with van der Waals surface area (Å²) in [5.74, 6) is -0.431. The number of nitrogens with zero attached hydrogens (tertiary/aromatic N) is 3. The number of amides is 1. The molecule has 1 aliphatic carbocycles. The number of rotatable bonds is 5. The van der Waals surface area contributed by atoms with Crippen molar-refractivity contribution in [2.45, 2.75) is 25.7 Å². The van der Waals surface area contributed by atoms with Crippen molar-refractivity contribution in [3.05, 3.63) is 69.9 Å². The zero-order valence-corrected chi connectivity index (χ0v) is 19.2. The van der Waals surface area contributed by atoms with Crippen LogP contribution in [0.3, 0.4) is 0 Å². The summed E-state index contributed by atoms with van der Waals surface area (Å²) in [6.07, 6.45) is 3.46. The molecule has 0 bridgehead atoms. The van der Waals surface area contributed by atoms with Crippen LogP contribution in [0.25, 0.3) is 11.3 Å². The van der Waals surface area contributed by atoms with Crippen molar-refractivity contribution in [3.63, 3.8) is 0 Å². The Bertz CT molecular complexity index is 1270. The Morgan fingerprint density at radius 1 is 1.20 bits per heavy atom. The first-order valence-corrected chi connectivity index (χ1v) is 11.0. The quantitative estimate of drug-likeness (QED) is 0.361. The molecule has 1 fully saturated rings. The van der Waals surface area contributed by atoms with Gasteiger partial charge in [-0.2, -0.15) is 0 Å². The minimum atomic E-state index is -0.637. The molecule has 1 aliphatic heterocycles. The van der Waals surface area contributed by atoms with Gasteiger partial charge in [-0.3, -0.25) is 10.2 Å². The van der Waals surface area contributed by atoms with Crippen LogP contribution in [0.2, 0.25) is 0 Å². The van der Waals surface area contributed by atoms with Gasteiger partial charge in [0.1, 0.15) is 30.3 Å². The van der Waals surface area contributed by atoms with Gasteiger partial charge in [-0.15, -0.1) is 4.91 Å². The third kappa shape index (κ3) is 5.34. The van der Waals surface area contributed by atoms with E-state index in [1.165, 1.54) is 37.6 Å². The zero-order chi connectivity index (χ0) is 24.9. The van der Waals surface area contributed by atoms with Gasteiger partial charge in [0.15, 0.2) is 11.6 Å². The molecule has 3 aromatic rings. The summed E-state index contributed by atoms with van der Waals surface area (Å²) in [7, 11) is 1.45. The molecular formula is C24H24F2N6O3. The number of aromatic nitrogens is 2. The highest BCUT2D eigenvalue weighted by molar-refractivity contribution is 6.05. The number of hydrogen-bond donors (Lipinski definition) is 3. The lowest BCUT2D eigenvalue weighted by Crippen LogP contribution is -2.20. The van der Waals surface area contributed by atoms with Crippen LogP contribution in [0.1, 0.15) is 40.2 Å².